The van der Waals surface area contributed by atoms with E-state index in [1.165, 1.54) is 12.3 Å². The smallest absolute Gasteiger partial charge is 0.341 e. The molecule has 9 nitrogen and oxygen atoms in total. The van der Waals surface area contributed by atoms with Gasteiger partial charge in [0, 0.05) is 47.5 Å². The highest BCUT2D eigenvalue weighted by molar-refractivity contribution is 5.94. The summed E-state index contributed by atoms with van der Waals surface area (Å²) in [5.74, 6) is -1.32. The lowest BCUT2D eigenvalue weighted by atomic mass is 9.99. The number of fused-ring (bicyclic) bond motifs is 2. The molecule has 5 N–H and O–H groups in total. The molecule has 0 spiro atoms. The average molecular weight is 515 g/mol. The van der Waals surface area contributed by atoms with Gasteiger partial charge in [0.05, 0.1) is 11.2 Å². The molecule has 1 aliphatic heterocycles. The number of rotatable bonds is 6. The normalized spacial score (nSPS) is 14.7. The SMILES string of the molecule is CCc1nc(N)nc(N)c1CN1CCc2cc(-c3cc4c(cc3F)c(=O)c(C(=O)O)cn4C3CC3)ccc21. The molecule has 1 saturated carbocycles. The second-order valence-corrected chi connectivity index (χ2v) is 9.93. The largest absolute Gasteiger partial charge is 0.477 e. The fourth-order valence-electron chi connectivity index (χ4n) is 5.42. The minimum atomic E-state index is -1.31. The van der Waals surface area contributed by atoms with Crippen molar-refractivity contribution in [1.29, 1.82) is 0 Å². The van der Waals surface area contributed by atoms with Gasteiger partial charge in [-0.25, -0.2) is 14.2 Å². The summed E-state index contributed by atoms with van der Waals surface area (Å²) in [5.41, 5.74) is 16.4. The van der Waals surface area contributed by atoms with E-state index in [-0.39, 0.29) is 22.9 Å². The van der Waals surface area contributed by atoms with Gasteiger partial charge in [0.2, 0.25) is 11.4 Å². The van der Waals surface area contributed by atoms with Crippen LogP contribution in [0.25, 0.3) is 22.0 Å². The Hall–Kier alpha value is -4.47. The summed E-state index contributed by atoms with van der Waals surface area (Å²) in [7, 11) is 0. The van der Waals surface area contributed by atoms with Crippen LogP contribution in [-0.4, -0.2) is 32.2 Å². The van der Waals surface area contributed by atoms with Crippen LogP contribution < -0.4 is 21.8 Å². The van der Waals surface area contributed by atoms with Gasteiger partial charge in [0.15, 0.2) is 0 Å². The van der Waals surface area contributed by atoms with Crippen LogP contribution >= 0.6 is 0 Å². The Morgan fingerprint density at radius 1 is 1.18 bits per heavy atom. The van der Waals surface area contributed by atoms with E-state index in [0.717, 1.165) is 48.3 Å². The van der Waals surface area contributed by atoms with Crippen molar-refractivity contribution in [2.24, 2.45) is 0 Å². The van der Waals surface area contributed by atoms with Gasteiger partial charge in [-0.05, 0) is 61.1 Å². The summed E-state index contributed by atoms with van der Waals surface area (Å²) in [4.78, 5) is 35.1. The number of nitrogens with two attached hydrogens (primary N) is 2. The number of aryl methyl sites for hydroxylation is 1. The van der Waals surface area contributed by atoms with Crippen LogP contribution in [0.2, 0.25) is 0 Å². The van der Waals surface area contributed by atoms with E-state index in [9.17, 15) is 14.7 Å². The van der Waals surface area contributed by atoms with Gasteiger partial charge in [-0.3, -0.25) is 4.79 Å². The minimum Gasteiger partial charge on any atom is -0.477 e. The van der Waals surface area contributed by atoms with Crippen molar-refractivity contribution >= 4 is 34.3 Å². The highest BCUT2D eigenvalue weighted by atomic mass is 19.1. The maximum absolute atomic E-state index is 15.4. The van der Waals surface area contributed by atoms with Gasteiger partial charge in [0.1, 0.15) is 17.2 Å². The zero-order valence-corrected chi connectivity index (χ0v) is 20.9. The predicted octanol–water partition coefficient (Wildman–Crippen LogP) is 3.92. The molecule has 0 amide bonds. The van der Waals surface area contributed by atoms with Crippen molar-refractivity contribution in [2.45, 2.75) is 45.2 Å². The average Bonchev–Trinajstić information content (AvgIpc) is 3.65. The van der Waals surface area contributed by atoms with Crippen molar-refractivity contribution in [1.82, 2.24) is 14.5 Å². The molecule has 0 bridgehead atoms. The number of aromatic nitrogens is 3. The second kappa shape index (κ2) is 8.83. The minimum absolute atomic E-state index is 0.0837. The van der Waals surface area contributed by atoms with Crippen LogP contribution in [0.15, 0.2) is 41.3 Å². The van der Waals surface area contributed by atoms with Gasteiger partial charge < -0.3 is 26.0 Å². The van der Waals surface area contributed by atoms with Crippen molar-refractivity contribution in [3.8, 4) is 11.1 Å². The van der Waals surface area contributed by atoms with E-state index in [1.807, 2.05) is 29.7 Å². The Morgan fingerprint density at radius 3 is 2.68 bits per heavy atom. The first-order chi connectivity index (χ1) is 18.2. The monoisotopic (exact) mass is 514 g/mol. The van der Waals surface area contributed by atoms with Gasteiger partial charge >= 0.3 is 5.97 Å². The highest BCUT2D eigenvalue weighted by Crippen LogP contribution is 2.39. The number of carboxylic acids is 1. The molecule has 194 valence electrons. The fraction of sp³-hybridized carbons (Fsp3) is 0.286. The number of aromatic carboxylic acids is 1. The molecule has 0 atom stereocenters. The van der Waals surface area contributed by atoms with E-state index in [2.05, 4.69) is 14.9 Å². The standard InChI is InChI=1S/C28H27FN6O3/c1-2-22-19(26(30)33-28(31)32-22)12-34-8-7-15-9-14(3-6-23(15)34)17-11-24-18(10-21(17)29)25(36)20(27(37)38)13-35(24)16-4-5-16/h3,6,9-11,13,16H,2,4-5,7-8,12H2,1H3,(H,37,38)(H4,30,31,32,33). The molecule has 0 saturated heterocycles. The van der Waals surface area contributed by atoms with Crippen molar-refractivity contribution in [3.63, 3.8) is 0 Å². The van der Waals surface area contributed by atoms with E-state index in [4.69, 9.17) is 11.5 Å². The van der Waals surface area contributed by atoms with E-state index in [0.29, 0.717) is 35.4 Å². The Kier molecular flexibility index (Phi) is 5.55. The summed E-state index contributed by atoms with van der Waals surface area (Å²) in [6.07, 6.45) is 4.64. The third-order valence-corrected chi connectivity index (χ3v) is 7.50. The molecule has 0 unspecified atom stereocenters. The molecule has 3 heterocycles. The van der Waals surface area contributed by atoms with Crippen molar-refractivity contribution in [3.05, 3.63) is 75.0 Å². The van der Waals surface area contributed by atoms with Crippen LogP contribution in [0, 0.1) is 5.82 Å². The number of nitrogen functional groups attached to an aromatic ring is 2. The Bertz CT molecular complexity index is 1700. The van der Waals surface area contributed by atoms with Crippen LogP contribution in [0.4, 0.5) is 21.8 Å². The lowest BCUT2D eigenvalue weighted by Crippen LogP contribution is -2.22. The number of carbonyl (C=O) groups is 1. The van der Waals surface area contributed by atoms with Crippen LogP contribution in [0.5, 0.6) is 0 Å². The first kappa shape index (κ1) is 23.9. The zero-order valence-electron chi connectivity index (χ0n) is 20.9. The molecular formula is C28H27FN6O3. The number of halogens is 1. The number of hydrogen-bond donors (Lipinski definition) is 3. The maximum Gasteiger partial charge on any atom is 0.341 e. The third-order valence-electron chi connectivity index (χ3n) is 7.50. The van der Waals surface area contributed by atoms with Gasteiger partial charge in [0.25, 0.3) is 0 Å². The summed E-state index contributed by atoms with van der Waals surface area (Å²) >= 11 is 0. The van der Waals surface area contributed by atoms with Crippen LogP contribution in [-0.2, 0) is 19.4 Å². The van der Waals surface area contributed by atoms with Crippen molar-refractivity contribution in [2.75, 3.05) is 22.9 Å². The molecule has 2 aromatic carbocycles. The lowest BCUT2D eigenvalue weighted by molar-refractivity contribution is 0.0695. The molecule has 0 radical (unpaired) electrons. The predicted molar refractivity (Wildman–Crippen MR) is 144 cm³/mol. The Morgan fingerprint density at radius 2 is 1.97 bits per heavy atom. The maximum atomic E-state index is 15.4. The zero-order chi connectivity index (χ0) is 26.7. The number of benzene rings is 2. The number of pyridine rings is 1. The molecule has 1 aliphatic carbocycles. The second-order valence-electron chi connectivity index (χ2n) is 9.93. The molecule has 1 fully saturated rings. The van der Waals surface area contributed by atoms with E-state index >= 15 is 4.39 Å². The van der Waals surface area contributed by atoms with Gasteiger partial charge in [-0.2, -0.15) is 4.98 Å². The highest BCUT2D eigenvalue weighted by Gasteiger charge is 2.28. The molecule has 6 rings (SSSR count). The number of nitrogens with zero attached hydrogens (tertiary/aromatic N) is 4. The Labute approximate surface area is 217 Å². The van der Waals surface area contributed by atoms with Gasteiger partial charge in [-0.1, -0.05) is 13.0 Å². The molecule has 2 aliphatic rings. The molecule has 10 heteroatoms. The number of hydrogen-bond acceptors (Lipinski definition) is 7. The molecule has 4 aromatic rings. The third kappa shape index (κ3) is 3.93. The fourth-order valence-corrected chi connectivity index (χ4v) is 5.42. The van der Waals surface area contributed by atoms with Gasteiger partial charge in [-0.15, -0.1) is 0 Å². The summed E-state index contributed by atoms with van der Waals surface area (Å²) < 4.78 is 17.2. The van der Waals surface area contributed by atoms with Crippen LogP contribution in [0.3, 0.4) is 0 Å². The Balaban J connectivity index is 1.39. The first-order valence-electron chi connectivity index (χ1n) is 12.7. The summed E-state index contributed by atoms with van der Waals surface area (Å²) in [6.45, 7) is 3.31. The molecular weight excluding hydrogens is 487 g/mol. The van der Waals surface area contributed by atoms with Crippen LogP contribution in [0.1, 0.15) is 53.0 Å². The molecule has 2 aromatic heterocycles. The van der Waals surface area contributed by atoms with E-state index in [1.54, 1.807) is 6.07 Å². The summed E-state index contributed by atoms with van der Waals surface area (Å²) in [5, 5.41) is 9.57. The topological polar surface area (TPSA) is 140 Å². The first-order valence-corrected chi connectivity index (χ1v) is 12.7. The lowest BCUT2D eigenvalue weighted by Gasteiger charge is -2.22. The quantitative estimate of drug-likeness (QED) is 0.352. The summed E-state index contributed by atoms with van der Waals surface area (Å²) in [6, 6.07) is 8.78. The number of carboxylic acid groups (broad SMARTS) is 1. The van der Waals surface area contributed by atoms with E-state index < -0.39 is 17.2 Å². The number of anilines is 3. The van der Waals surface area contributed by atoms with Crippen molar-refractivity contribution < 1.29 is 14.3 Å². The molecule has 38 heavy (non-hydrogen) atoms.